The molecule has 0 aliphatic rings. The number of benzene rings is 1. The highest BCUT2D eigenvalue weighted by atomic mass is 79.9. The number of nitrogens with two attached hydrogens (primary N) is 1. The van der Waals surface area contributed by atoms with Crippen molar-refractivity contribution in [2.24, 2.45) is 11.7 Å². The number of nitrogens with one attached hydrogen (secondary N) is 1. The number of rotatable bonds is 4. The molecule has 4 heteroatoms. The molecule has 2 atom stereocenters. The van der Waals surface area contributed by atoms with Gasteiger partial charge in [-0.1, -0.05) is 32.4 Å². The molecule has 0 fully saturated rings. The predicted molar refractivity (Wildman–Crippen MR) is 70.2 cm³/mol. The fourth-order valence-electron chi connectivity index (χ4n) is 1.29. The van der Waals surface area contributed by atoms with Crippen LogP contribution in [0.15, 0.2) is 28.7 Å². The van der Waals surface area contributed by atoms with Gasteiger partial charge in [-0.15, -0.1) is 0 Å². The lowest BCUT2D eigenvalue weighted by Gasteiger charge is -2.18. The Labute approximate surface area is 105 Å². The maximum absolute atomic E-state index is 11.8. The van der Waals surface area contributed by atoms with Gasteiger partial charge in [-0.05, 0) is 34.0 Å². The van der Waals surface area contributed by atoms with Crippen LogP contribution in [0.1, 0.15) is 20.3 Å². The van der Waals surface area contributed by atoms with Crippen LogP contribution in [0, 0.1) is 5.92 Å². The first kappa shape index (κ1) is 13.2. The van der Waals surface area contributed by atoms with Crippen molar-refractivity contribution in [3.05, 3.63) is 28.7 Å². The van der Waals surface area contributed by atoms with Crippen molar-refractivity contribution in [3.63, 3.8) is 0 Å². The van der Waals surface area contributed by atoms with Crippen LogP contribution < -0.4 is 11.1 Å². The minimum Gasteiger partial charge on any atom is -0.324 e. The van der Waals surface area contributed by atoms with Gasteiger partial charge in [0.2, 0.25) is 5.91 Å². The highest BCUT2D eigenvalue weighted by molar-refractivity contribution is 9.10. The zero-order valence-electron chi connectivity index (χ0n) is 9.53. The van der Waals surface area contributed by atoms with Crippen molar-refractivity contribution >= 4 is 27.5 Å². The van der Waals surface area contributed by atoms with Gasteiger partial charge in [0.25, 0.3) is 0 Å². The third-order valence-corrected chi connectivity index (χ3v) is 3.38. The van der Waals surface area contributed by atoms with Crippen LogP contribution in [0.2, 0.25) is 0 Å². The molecule has 0 spiro atoms. The number of carbonyl (C=O) groups is 1. The molecule has 0 aromatic heterocycles. The summed E-state index contributed by atoms with van der Waals surface area (Å²) in [5.74, 6) is 0.0451. The van der Waals surface area contributed by atoms with E-state index in [9.17, 15) is 4.79 Å². The fraction of sp³-hybridized carbons (Fsp3) is 0.417. The monoisotopic (exact) mass is 284 g/mol. The Morgan fingerprint density at radius 3 is 2.69 bits per heavy atom. The molecule has 0 aliphatic heterocycles. The molecule has 0 bridgehead atoms. The lowest BCUT2D eigenvalue weighted by Crippen LogP contribution is -2.40. The highest BCUT2D eigenvalue weighted by Crippen LogP contribution is 2.21. The summed E-state index contributed by atoms with van der Waals surface area (Å²) >= 11 is 3.37. The number of anilines is 1. The largest absolute Gasteiger partial charge is 0.324 e. The summed E-state index contributed by atoms with van der Waals surface area (Å²) in [6, 6.07) is 7.02. The van der Waals surface area contributed by atoms with Crippen LogP contribution in [-0.2, 0) is 4.79 Å². The molecule has 3 nitrogen and oxygen atoms in total. The Morgan fingerprint density at radius 1 is 1.50 bits per heavy atom. The SMILES string of the molecule is CCC(C)C(N)C(=O)Nc1ccccc1Br. The summed E-state index contributed by atoms with van der Waals surface area (Å²) in [5.41, 5.74) is 6.60. The Bertz CT molecular complexity index is 368. The predicted octanol–water partition coefficient (Wildman–Crippen LogP) is 2.76. The average molecular weight is 285 g/mol. The molecule has 0 saturated carbocycles. The van der Waals surface area contributed by atoms with Crippen molar-refractivity contribution in [1.82, 2.24) is 0 Å². The van der Waals surface area contributed by atoms with Gasteiger partial charge in [0.05, 0.1) is 11.7 Å². The highest BCUT2D eigenvalue weighted by Gasteiger charge is 2.19. The van der Waals surface area contributed by atoms with E-state index >= 15 is 0 Å². The molecule has 1 amide bonds. The summed E-state index contributed by atoms with van der Waals surface area (Å²) in [4.78, 5) is 11.8. The van der Waals surface area contributed by atoms with E-state index in [1.165, 1.54) is 0 Å². The van der Waals surface area contributed by atoms with Crippen LogP contribution in [-0.4, -0.2) is 11.9 Å². The van der Waals surface area contributed by atoms with Crippen LogP contribution in [0.3, 0.4) is 0 Å². The molecular formula is C12H17BrN2O. The third-order valence-electron chi connectivity index (χ3n) is 2.69. The summed E-state index contributed by atoms with van der Waals surface area (Å²) in [6.07, 6.45) is 0.893. The zero-order chi connectivity index (χ0) is 12.1. The number of para-hydroxylation sites is 1. The number of carbonyl (C=O) groups excluding carboxylic acids is 1. The lowest BCUT2D eigenvalue weighted by atomic mass is 9.99. The molecule has 16 heavy (non-hydrogen) atoms. The second-order valence-electron chi connectivity index (χ2n) is 3.88. The molecule has 88 valence electrons. The van der Waals surface area contributed by atoms with E-state index in [4.69, 9.17) is 5.73 Å². The molecule has 1 aromatic carbocycles. The van der Waals surface area contributed by atoms with Crippen LogP contribution in [0.5, 0.6) is 0 Å². The molecule has 2 unspecified atom stereocenters. The molecule has 0 radical (unpaired) electrons. The smallest absolute Gasteiger partial charge is 0.241 e. The van der Waals surface area contributed by atoms with Crippen molar-refractivity contribution < 1.29 is 4.79 Å². The van der Waals surface area contributed by atoms with Crippen LogP contribution >= 0.6 is 15.9 Å². The van der Waals surface area contributed by atoms with Crippen molar-refractivity contribution in [2.45, 2.75) is 26.3 Å². The van der Waals surface area contributed by atoms with Gasteiger partial charge in [0.1, 0.15) is 0 Å². The van der Waals surface area contributed by atoms with E-state index in [-0.39, 0.29) is 11.8 Å². The maximum Gasteiger partial charge on any atom is 0.241 e. The van der Waals surface area contributed by atoms with Crippen LogP contribution in [0.4, 0.5) is 5.69 Å². The summed E-state index contributed by atoms with van der Waals surface area (Å²) in [5, 5.41) is 2.81. The van der Waals surface area contributed by atoms with E-state index in [2.05, 4.69) is 21.2 Å². The van der Waals surface area contributed by atoms with Crippen molar-refractivity contribution in [1.29, 1.82) is 0 Å². The molecule has 0 saturated heterocycles. The Kier molecular flexibility index (Phi) is 4.96. The van der Waals surface area contributed by atoms with Gasteiger partial charge in [0, 0.05) is 4.47 Å². The number of amides is 1. The van der Waals surface area contributed by atoms with E-state index in [0.29, 0.717) is 0 Å². The first-order valence-electron chi connectivity index (χ1n) is 5.37. The van der Waals surface area contributed by atoms with Crippen molar-refractivity contribution in [3.8, 4) is 0 Å². The Balaban J connectivity index is 2.68. The summed E-state index contributed by atoms with van der Waals surface area (Å²) in [6.45, 7) is 4.00. The minimum atomic E-state index is -0.461. The molecule has 1 aromatic rings. The molecule has 1 rings (SSSR count). The topological polar surface area (TPSA) is 55.1 Å². The normalized spacial score (nSPS) is 14.2. The average Bonchev–Trinajstić information content (AvgIpc) is 2.30. The van der Waals surface area contributed by atoms with E-state index in [1.54, 1.807) is 0 Å². The molecule has 0 aliphatic carbocycles. The van der Waals surface area contributed by atoms with Gasteiger partial charge in [-0.3, -0.25) is 4.79 Å². The summed E-state index contributed by atoms with van der Waals surface area (Å²) in [7, 11) is 0. The van der Waals surface area contributed by atoms with Gasteiger partial charge in [0.15, 0.2) is 0 Å². The molecule has 3 N–H and O–H groups in total. The maximum atomic E-state index is 11.8. The van der Waals surface area contributed by atoms with Gasteiger partial charge in [-0.25, -0.2) is 0 Å². The van der Waals surface area contributed by atoms with Gasteiger partial charge >= 0.3 is 0 Å². The lowest BCUT2D eigenvalue weighted by molar-refractivity contribution is -0.118. The van der Waals surface area contributed by atoms with E-state index in [1.807, 2.05) is 38.1 Å². The molecular weight excluding hydrogens is 268 g/mol. The second kappa shape index (κ2) is 6.01. The number of hydrogen-bond donors (Lipinski definition) is 2. The third kappa shape index (κ3) is 3.32. The first-order valence-corrected chi connectivity index (χ1v) is 6.16. The zero-order valence-corrected chi connectivity index (χ0v) is 11.1. The molecule has 0 heterocycles. The fourth-order valence-corrected chi connectivity index (χ4v) is 1.67. The quantitative estimate of drug-likeness (QED) is 0.893. The van der Waals surface area contributed by atoms with Crippen molar-refractivity contribution in [2.75, 3.05) is 5.32 Å². The first-order chi connectivity index (χ1) is 7.56. The van der Waals surface area contributed by atoms with Gasteiger partial charge in [-0.2, -0.15) is 0 Å². The standard InChI is InChI=1S/C12H17BrN2O/c1-3-8(2)11(14)12(16)15-10-7-5-4-6-9(10)13/h4-8,11H,3,14H2,1-2H3,(H,15,16). The summed E-state index contributed by atoms with van der Waals surface area (Å²) < 4.78 is 0.861. The van der Waals surface area contributed by atoms with Crippen LogP contribution in [0.25, 0.3) is 0 Å². The second-order valence-corrected chi connectivity index (χ2v) is 4.73. The van der Waals surface area contributed by atoms with E-state index in [0.717, 1.165) is 16.6 Å². The Morgan fingerprint density at radius 2 is 2.12 bits per heavy atom. The number of hydrogen-bond acceptors (Lipinski definition) is 2. The number of halogens is 1. The Hall–Kier alpha value is -0.870. The van der Waals surface area contributed by atoms with E-state index < -0.39 is 6.04 Å². The minimum absolute atomic E-state index is 0.138. The van der Waals surface area contributed by atoms with Gasteiger partial charge < -0.3 is 11.1 Å².